The molecule has 0 bridgehead atoms. The Labute approximate surface area is 209 Å². The number of fused-ring (bicyclic) bond motifs is 1. The van der Waals surface area contributed by atoms with Gasteiger partial charge in [0, 0.05) is 38.9 Å². The van der Waals surface area contributed by atoms with Gasteiger partial charge in [-0.1, -0.05) is 34.1 Å². The van der Waals surface area contributed by atoms with Crippen LogP contribution in [0.4, 0.5) is 20.8 Å². The molecule has 2 aromatic heterocycles. The zero-order chi connectivity index (χ0) is 24.2. The van der Waals surface area contributed by atoms with E-state index in [2.05, 4.69) is 46.8 Å². The van der Waals surface area contributed by atoms with Crippen LogP contribution in [0.5, 0.6) is 5.88 Å². The van der Waals surface area contributed by atoms with Crippen LogP contribution in [-0.2, 0) is 0 Å². The van der Waals surface area contributed by atoms with Crippen molar-refractivity contribution in [3.05, 3.63) is 71.1 Å². The molecule has 1 amide bonds. The van der Waals surface area contributed by atoms with Crippen LogP contribution in [0.15, 0.2) is 65.3 Å². The molecule has 0 spiro atoms. The molecule has 0 saturated carbocycles. The molecule has 10 heteroatoms. The summed E-state index contributed by atoms with van der Waals surface area (Å²) in [5.41, 5.74) is 2.44. The molecule has 3 N–H and O–H groups in total. The fourth-order valence-corrected chi connectivity index (χ4v) is 4.37. The number of carbonyl (C=O) groups excluding carboxylic acids is 1. The smallest absolute Gasteiger partial charge is 0.391 e. The Bertz CT molecular complexity index is 1360. The number of hydrogen-bond acceptors (Lipinski definition) is 7. The second-order valence-corrected chi connectivity index (χ2v) is 8.97. The number of pyridine rings is 1. The van der Waals surface area contributed by atoms with Crippen molar-refractivity contribution in [2.24, 2.45) is 0 Å². The van der Waals surface area contributed by atoms with E-state index in [-0.39, 0.29) is 23.7 Å². The Morgan fingerprint density at radius 1 is 1.06 bits per heavy atom. The zero-order valence-electron chi connectivity index (χ0n) is 18.6. The van der Waals surface area contributed by atoms with E-state index in [1.54, 1.807) is 18.3 Å². The van der Waals surface area contributed by atoms with Crippen LogP contribution in [0.1, 0.15) is 12.8 Å². The number of halogens is 2. The van der Waals surface area contributed by atoms with Gasteiger partial charge < -0.3 is 20.7 Å². The van der Waals surface area contributed by atoms with Gasteiger partial charge >= 0.3 is 6.09 Å². The van der Waals surface area contributed by atoms with Gasteiger partial charge in [0.1, 0.15) is 5.82 Å². The van der Waals surface area contributed by atoms with Crippen molar-refractivity contribution >= 4 is 44.7 Å². The Kier molecular flexibility index (Phi) is 6.82. The number of anilines is 2. The van der Waals surface area contributed by atoms with Crippen molar-refractivity contribution in [3.63, 3.8) is 0 Å². The minimum absolute atomic E-state index is 0.0463. The first-order valence-electron chi connectivity index (χ1n) is 11.2. The maximum atomic E-state index is 13.2. The van der Waals surface area contributed by atoms with Gasteiger partial charge in [-0.2, -0.15) is 9.97 Å². The van der Waals surface area contributed by atoms with Crippen LogP contribution in [0.2, 0.25) is 0 Å². The Balaban J connectivity index is 1.49. The van der Waals surface area contributed by atoms with Crippen molar-refractivity contribution < 1.29 is 13.9 Å². The fraction of sp³-hybridized carbons (Fsp3) is 0.200. The van der Waals surface area contributed by atoms with Crippen molar-refractivity contribution in [2.75, 3.05) is 18.4 Å². The predicted octanol–water partition coefficient (Wildman–Crippen LogP) is 5.18. The first kappa shape index (κ1) is 23.1. The number of nitrogens with one attached hydrogen (secondary N) is 3. The molecule has 0 unspecified atom stereocenters. The normalized spacial score (nSPS) is 14.0. The standard InChI is InChI=1S/C25H22BrFN6O2/c26-21-4-2-1-3-19(21)20-13-15-14-29-24(30-17-7-5-16(27)6-8-17)33-22(15)32-23(20)35-25(34)31-18-9-11-28-12-10-18/h1-8,13-14,18,28H,9-12H2,(H,31,34)(H,29,30,32,33). The minimum atomic E-state index is -0.559. The SMILES string of the molecule is O=C(NC1CCNCC1)Oc1nc2nc(Nc3ccc(F)cc3)ncc2cc1-c1ccccc1Br. The predicted molar refractivity (Wildman–Crippen MR) is 135 cm³/mol. The number of benzene rings is 2. The number of rotatable bonds is 5. The summed E-state index contributed by atoms with van der Waals surface area (Å²) in [5, 5.41) is 9.90. The quantitative estimate of drug-likeness (QED) is 0.323. The van der Waals surface area contributed by atoms with Gasteiger partial charge in [0.05, 0.1) is 0 Å². The van der Waals surface area contributed by atoms with Gasteiger partial charge in [0.2, 0.25) is 11.8 Å². The molecule has 1 aliphatic rings. The second-order valence-electron chi connectivity index (χ2n) is 8.12. The maximum Gasteiger partial charge on any atom is 0.414 e. The molecule has 5 rings (SSSR count). The van der Waals surface area contributed by atoms with Crippen LogP contribution in [0.3, 0.4) is 0 Å². The van der Waals surface area contributed by atoms with Gasteiger partial charge in [-0.25, -0.2) is 14.2 Å². The molecule has 8 nitrogen and oxygen atoms in total. The average Bonchev–Trinajstić information content (AvgIpc) is 2.86. The summed E-state index contributed by atoms with van der Waals surface area (Å²) in [5.74, 6) is 0.0958. The summed E-state index contributed by atoms with van der Waals surface area (Å²) < 4.78 is 19.8. The molecule has 35 heavy (non-hydrogen) atoms. The number of hydrogen-bond donors (Lipinski definition) is 3. The lowest BCUT2D eigenvalue weighted by atomic mass is 10.1. The number of piperidine rings is 1. The Morgan fingerprint density at radius 2 is 1.83 bits per heavy atom. The first-order chi connectivity index (χ1) is 17.0. The van der Waals surface area contributed by atoms with Gasteiger partial charge in [0.15, 0.2) is 5.65 Å². The number of ether oxygens (including phenoxy) is 1. The summed E-state index contributed by atoms with van der Waals surface area (Å²) in [4.78, 5) is 26.1. The van der Waals surface area contributed by atoms with E-state index < -0.39 is 6.09 Å². The summed E-state index contributed by atoms with van der Waals surface area (Å²) in [6.07, 6.45) is 2.75. The molecule has 0 radical (unpaired) electrons. The van der Waals surface area contributed by atoms with Crippen molar-refractivity contribution in [3.8, 4) is 17.0 Å². The largest absolute Gasteiger partial charge is 0.414 e. The lowest BCUT2D eigenvalue weighted by Gasteiger charge is -2.23. The van der Waals surface area contributed by atoms with Crippen LogP contribution >= 0.6 is 15.9 Å². The monoisotopic (exact) mass is 536 g/mol. The molecule has 178 valence electrons. The molecule has 3 heterocycles. The molecule has 1 fully saturated rings. The Hall–Kier alpha value is -3.63. The zero-order valence-corrected chi connectivity index (χ0v) is 20.2. The van der Waals surface area contributed by atoms with Crippen LogP contribution in [-0.4, -0.2) is 40.2 Å². The topological polar surface area (TPSA) is 101 Å². The second kappa shape index (κ2) is 10.3. The average molecular weight is 537 g/mol. The molecule has 0 aliphatic carbocycles. The highest BCUT2D eigenvalue weighted by Crippen LogP contribution is 2.36. The van der Waals surface area contributed by atoms with Gasteiger partial charge in [-0.05, 0) is 62.3 Å². The molecule has 1 saturated heterocycles. The third-order valence-corrected chi connectivity index (χ3v) is 6.34. The van der Waals surface area contributed by atoms with E-state index in [4.69, 9.17) is 4.74 Å². The minimum Gasteiger partial charge on any atom is -0.391 e. The van der Waals surface area contributed by atoms with E-state index in [1.165, 1.54) is 12.1 Å². The molecule has 0 atom stereocenters. The highest BCUT2D eigenvalue weighted by atomic mass is 79.9. The fourth-order valence-electron chi connectivity index (χ4n) is 3.87. The first-order valence-corrected chi connectivity index (χ1v) is 12.0. The van der Waals surface area contributed by atoms with Gasteiger partial charge in [-0.15, -0.1) is 0 Å². The molecule has 1 aliphatic heterocycles. The molecular weight excluding hydrogens is 515 g/mol. The number of aromatic nitrogens is 3. The summed E-state index contributed by atoms with van der Waals surface area (Å²) in [6.45, 7) is 1.70. The van der Waals surface area contributed by atoms with Crippen LogP contribution in [0, 0.1) is 5.82 Å². The van der Waals surface area contributed by atoms with E-state index >= 15 is 0 Å². The number of amides is 1. The third-order valence-electron chi connectivity index (χ3n) is 5.65. The summed E-state index contributed by atoms with van der Waals surface area (Å²) in [6, 6.07) is 15.4. The van der Waals surface area contributed by atoms with Crippen LogP contribution < -0.4 is 20.7 Å². The number of carbonyl (C=O) groups is 1. The third kappa shape index (κ3) is 5.55. The lowest BCUT2D eigenvalue weighted by Crippen LogP contribution is -2.43. The van der Waals surface area contributed by atoms with Gasteiger partial charge in [0.25, 0.3) is 0 Å². The van der Waals surface area contributed by atoms with E-state index in [0.29, 0.717) is 22.3 Å². The lowest BCUT2D eigenvalue weighted by molar-refractivity contribution is 0.191. The van der Waals surface area contributed by atoms with Gasteiger partial charge in [-0.3, -0.25) is 0 Å². The summed E-state index contributed by atoms with van der Waals surface area (Å²) >= 11 is 3.57. The molecule has 4 aromatic rings. The Morgan fingerprint density at radius 3 is 2.60 bits per heavy atom. The van der Waals surface area contributed by atoms with Crippen molar-refractivity contribution in [1.29, 1.82) is 0 Å². The molecular formula is C25H22BrFN6O2. The van der Waals surface area contributed by atoms with Crippen molar-refractivity contribution in [2.45, 2.75) is 18.9 Å². The highest BCUT2D eigenvalue weighted by molar-refractivity contribution is 9.10. The van der Waals surface area contributed by atoms with E-state index in [9.17, 15) is 9.18 Å². The maximum absolute atomic E-state index is 13.2. The molecule has 2 aromatic carbocycles. The van der Waals surface area contributed by atoms with Crippen LogP contribution in [0.25, 0.3) is 22.2 Å². The van der Waals surface area contributed by atoms with E-state index in [0.717, 1.165) is 36.0 Å². The highest BCUT2D eigenvalue weighted by Gasteiger charge is 2.20. The number of nitrogens with zero attached hydrogens (tertiary/aromatic N) is 3. The van der Waals surface area contributed by atoms with E-state index in [1.807, 2.05) is 30.3 Å². The van der Waals surface area contributed by atoms with Crippen molar-refractivity contribution in [1.82, 2.24) is 25.6 Å². The summed E-state index contributed by atoms with van der Waals surface area (Å²) in [7, 11) is 0.